The first-order valence-electron chi connectivity index (χ1n) is 8.87. The van der Waals surface area contributed by atoms with Crippen molar-refractivity contribution in [1.29, 1.82) is 0 Å². The molecular weight excluding hydrogens is 296 g/mol. The fourth-order valence-corrected chi connectivity index (χ4v) is 3.34. The van der Waals surface area contributed by atoms with E-state index < -0.39 is 0 Å². The molecule has 3 nitrogen and oxygen atoms in total. The van der Waals surface area contributed by atoms with Crippen molar-refractivity contribution in [3.63, 3.8) is 0 Å². The zero-order chi connectivity index (χ0) is 16.9. The van der Waals surface area contributed by atoms with Crippen molar-refractivity contribution in [2.24, 2.45) is 0 Å². The summed E-state index contributed by atoms with van der Waals surface area (Å²) in [7, 11) is 0. The van der Waals surface area contributed by atoms with Crippen molar-refractivity contribution >= 4 is 11.6 Å². The number of carbonyl (C=O) groups is 1. The molecule has 3 heteroatoms. The van der Waals surface area contributed by atoms with E-state index in [-0.39, 0.29) is 18.0 Å². The van der Waals surface area contributed by atoms with Crippen LogP contribution in [-0.4, -0.2) is 11.9 Å². The molecule has 0 saturated heterocycles. The largest absolute Gasteiger partial charge is 0.325 e. The van der Waals surface area contributed by atoms with Crippen LogP contribution in [0.15, 0.2) is 48.5 Å². The maximum Gasteiger partial charge on any atom is 0.241 e. The van der Waals surface area contributed by atoms with E-state index in [9.17, 15) is 4.79 Å². The smallest absolute Gasteiger partial charge is 0.241 e. The molecule has 24 heavy (non-hydrogen) atoms. The van der Waals surface area contributed by atoms with Crippen LogP contribution in [0.2, 0.25) is 0 Å². The molecule has 0 bridgehead atoms. The molecule has 2 N–H and O–H groups in total. The predicted molar refractivity (Wildman–Crippen MR) is 99.2 cm³/mol. The minimum absolute atomic E-state index is 0.00832. The van der Waals surface area contributed by atoms with E-state index in [1.165, 1.54) is 42.4 Å². The Labute approximate surface area is 144 Å². The minimum atomic E-state index is -0.253. The number of amides is 1. The number of para-hydroxylation sites is 1. The molecule has 0 radical (unpaired) electrons. The van der Waals surface area contributed by atoms with E-state index in [1.807, 2.05) is 37.3 Å². The van der Waals surface area contributed by atoms with Gasteiger partial charge in [-0.1, -0.05) is 36.4 Å². The number of rotatable bonds is 5. The summed E-state index contributed by atoms with van der Waals surface area (Å²) in [6.45, 7) is 4.03. The maximum absolute atomic E-state index is 12.3. The third kappa shape index (κ3) is 4.04. The zero-order valence-electron chi connectivity index (χ0n) is 14.5. The Morgan fingerprint density at radius 2 is 1.67 bits per heavy atom. The Balaban J connectivity index is 1.61. The van der Waals surface area contributed by atoms with Gasteiger partial charge in [0.15, 0.2) is 0 Å². The Morgan fingerprint density at radius 1 is 0.958 bits per heavy atom. The molecule has 1 aliphatic carbocycles. The lowest BCUT2D eigenvalue weighted by molar-refractivity contribution is -0.117. The SMILES string of the molecule is C[C@@H](N[C@H](C)c1ccc2c(c1)CCCC2)C(=O)Nc1ccccc1. The molecule has 0 fully saturated rings. The fraction of sp³-hybridized carbons (Fsp3) is 0.381. The molecule has 0 spiro atoms. The maximum atomic E-state index is 12.3. The van der Waals surface area contributed by atoms with Crippen LogP contribution in [0.3, 0.4) is 0 Å². The second kappa shape index (κ2) is 7.63. The Bertz CT molecular complexity index is 696. The standard InChI is InChI=1S/C21H26N2O/c1-15(18-13-12-17-8-6-7-9-19(17)14-18)22-16(2)21(24)23-20-10-4-3-5-11-20/h3-5,10-16,22H,6-9H2,1-2H3,(H,23,24)/t15-,16-/m1/s1. The Hall–Kier alpha value is -2.13. The third-order valence-corrected chi connectivity index (χ3v) is 4.81. The topological polar surface area (TPSA) is 41.1 Å². The van der Waals surface area contributed by atoms with Crippen LogP contribution >= 0.6 is 0 Å². The van der Waals surface area contributed by atoms with E-state index in [4.69, 9.17) is 0 Å². The van der Waals surface area contributed by atoms with Crippen LogP contribution in [0.25, 0.3) is 0 Å². The summed E-state index contributed by atoms with van der Waals surface area (Å²) >= 11 is 0. The van der Waals surface area contributed by atoms with Crippen LogP contribution in [0.4, 0.5) is 5.69 Å². The lowest BCUT2D eigenvalue weighted by Gasteiger charge is -2.22. The van der Waals surface area contributed by atoms with Gasteiger partial charge in [-0.3, -0.25) is 10.1 Å². The predicted octanol–water partition coefficient (Wildman–Crippen LogP) is 4.24. The van der Waals surface area contributed by atoms with E-state index in [1.54, 1.807) is 0 Å². The van der Waals surface area contributed by atoms with Crippen molar-refractivity contribution in [2.75, 3.05) is 5.32 Å². The third-order valence-electron chi connectivity index (χ3n) is 4.81. The van der Waals surface area contributed by atoms with E-state index in [2.05, 4.69) is 35.8 Å². The summed E-state index contributed by atoms with van der Waals surface area (Å²) in [4.78, 5) is 12.3. The molecule has 2 aromatic carbocycles. The first-order valence-corrected chi connectivity index (χ1v) is 8.87. The Kier molecular flexibility index (Phi) is 5.31. The van der Waals surface area contributed by atoms with Gasteiger partial charge < -0.3 is 5.32 Å². The van der Waals surface area contributed by atoms with Gasteiger partial charge in [-0.15, -0.1) is 0 Å². The molecule has 3 rings (SSSR count). The van der Waals surface area contributed by atoms with Gasteiger partial charge in [-0.05, 0) is 68.4 Å². The lowest BCUT2D eigenvalue weighted by atomic mass is 9.89. The fourth-order valence-electron chi connectivity index (χ4n) is 3.34. The minimum Gasteiger partial charge on any atom is -0.325 e. The van der Waals surface area contributed by atoms with Gasteiger partial charge in [0.25, 0.3) is 0 Å². The summed E-state index contributed by atoms with van der Waals surface area (Å²) in [5, 5.41) is 6.36. The van der Waals surface area contributed by atoms with Crippen LogP contribution in [0, 0.1) is 0 Å². The Morgan fingerprint density at radius 3 is 2.42 bits per heavy atom. The second-order valence-corrected chi connectivity index (χ2v) is 6.70. The summed E-state index contributed by atoms with van der Waals surface area (Å²) in [5.41, 5.74) is 5.06. The normalized spacial score (nSPS) is 16.1. The van der Waals surface area contributed by atoms with Crippen LogP contribution in [0.5, 0.6) is 0 Å². The van der Waals surface area contributed by atoms with Gasteiger partial charge in [-0.25, -0.2) is 0 Å². The van der Waals surface area contributed by atoms with Gasteiger partial charge in [0.05, 0.1) is 6.04 Å². The van der Waals surface area contributed by atoms with Gasteiger partial charge in [0.2, 0.25) is 5.91 Å². The summed E-state index contributed by atoms with van der Waals surface area (Å²) in [5.74, 6) is -0.00832. The van der Waals surface area contributed by atoms with Gasteiger partial charge in [-0.2, -0.15) is 0 Å². The van der Waals surface area contributed by atoms with Crippen LogP contribution in [0.1, 0.15) is 49.4 Å². The molecule has 2 atom stereocenters. The highest BCUT2D eigenvalue weighted by Gasteiger charge is 2.18. The highest BCUT2D eigenvalue weighted by Crippen LogP contribution is 2.25. The van der Waals surface area contributed by atoms with Crippen molar-refractivity contribution in [1.82, 2.24) is 5.32 Å². The van der Waals surface area contributed by atoms with Gasteiger partial charge in [0.1, 0.15) is 0 Å². The molecule has 0 aliphatic heterocycles. The number of benzene rings is 2. The number of hydrogen-bond donors (Lipinski definition) is 2. The number of nitrogens with one attached hydrogen (secondary N) is 2. The van der Waals surface area contributed by atoms with Crippen LogP contribution in [-0.2, 0) is 17.6 Å². The number of aryl methyl sites for hydroxylation is 2. The van der Waals surface area contributed by atoms with Crippen molar-refractivity contribution < 1.29 is 4.79 Å². The number of carbonyl (C=O) groups excluding carboxylic acids is 1. The van der Waals surface area contributed by atoms with E-state index in [0.717, 1.165) is 5.69 Å². The first-order chi connectivity index (χ1) is 11.6. The molecule has 1 aliphatic rings. The molecule has 0 saturated carbocycles. The van der Waals surface area contributed by atoms with Crippen molar-refractivity contribution in [3.8, 4) is 0 Å². The van der Waals surface area contributed by atoms with Crippen molar-refractivity contribution in [2.45, 2.75) is 51.6 Å². The molecule has 2 aromatic rings. The highest BCUT2D eigenvalue weighted by molar-refractivity contribution is 5.94. The highest BCUT2D eigenvalue weighted by atomic mass is 16.2. The summed E-state index contributed by atoms with van der Waals surface area (Å²) < 4.78 is 0. The lowest BCUT2D eigenvalue weighted by Crippen LogP contribution is -2.39. The van der Waals surface area contributed by atoms with Crippen LogP contribution < -0.4 is 10.6 Å². The summed E-state index contributed by atoms with van der Waals surface area (Å²) in [6.07, 6.45) is 4.97. The average molecular weight is 322 g/mol. The van der Waals surface area contributed by atoms with E-state index in [0.29, 0.717) is 0 Å². The quantitative estimate of drug-likeness (QED) is 0.864. The number of hydrogen-bond acceptors (Lipinski definition) is 2. The average Bonchev–Trinajstić information content (AvgIpc) is 2.62. The van der Waals surface area contributed by atoms with E-state index >= 15 is 0 Å². The van der Waals surface area contributed by atoms with Gasteiger partial charge >= 0.3 is 0 Å². The monoisotopic (exact) mass is 322 g/mol. The summed E-state index contributed by atoms with van der Waals surface area (Å²) in [6, 6.07) is 16.2. The molecule has 0 heterocycles. The number of anilines is 1. The molecular formula is C21H26N2O. The van der Waals surface area contributed by atoms with Gasteiger partial charge in [0, 0.05) is 11.7 Å². The molecule has 0 aromatic heterocycles. The first kappa shape index (κ1) is 16.7. The second-order valence-electron chi connectivity index (χ2n) is 6.70. The molecule has 1 amide bonds. The molecule has 0 unspecified atom stereocenters. The van der Waals surface area contributed by atoms with Crippen molar-refractivity contribution in [3.05, 3.63) is 65.2 Å². The molecule has 126 valence electrons. The number of fused-ring (bicyclic) bond motifs is 1. The zero-order valence-corrected chi connectivity index (χ0v) is 14.5.